The van der Waals surface area contributed by atoms with Crippen LogP contribution in [-0.4, -0.2) is 20.6 Å². The van der Waals surface area contributed by atoms with Gasteiger partial charge in [-0.25, -0.2) is 0 Å². The van der Waals surface area contributed by atoms with Crippen molar-refractivity contribution in [3.05, 3.63) is 122 Å². The van der Waals surface area contributed by atoms with Crippen LogP contribution in [0, 0.1) is 35.3 Å². The molecule has 0 aliphatic carbocycles. The number of aromatic nitrogens is 2. The van der Waals surface area contributed by atoms with Crippen molar-refractivity contribution in [2.45, 2.75) is 26.3 Å². The number of nitriles is 1. The molecule has 3 aromatic carbocycles. The first-order valence-corrected chi connectivity index (χ1v) is 11.5. The first-order valence-electron chi connectivity index (χ1n) is 11.1. The lowest BCUT2D eigenvalue weighted by atomic mass is 9.92. The fourth-order valence-corrected chi connectivity index (χ4v) is 4.34. The van der Waals surface area contributed by atoms with Crippen LogP contribution in [0.4, 0.5) is 11.4 Å². The van der Waals surface area contributed by atoms with Gasteiger partial charge in [0.1, 0.15) is 11.4 Å². The molecule has 8 nitrogen and oxygen atoms in total. The molecule has 4 aromatic rings. The van der Waals surface area contributed by atoms with Gasteiger partial charge in [0.05, 0.1) is 23.5 Å². The third kappa shape index (κ3) is 5.11. The van der Waals surface area contributed by atoms with Gasteiger partial charge in [-0.2, -0.15) is 10.4 Å². The Labute approximate surface area is 212 Å². The summed E-state index contributed by atoms with van der Waals surface area (Å²) in [5.74, 6) is -0.827. The monoisotopic (exact) mass is 499 g/mol. The molecular formula is C27H22ClN5O3. The van der Waals surface area contributed by atoms with E-state index in [4.69, 9.17) is 11.6 Å². The molecule has 1 N–H and O–H groups in total. The van der Waals surface area contributed by atoms with E-state index in [0.29, 0.717) is 39.8 Å². The van der Waals surface area contributed by atoms with Gasteiger partial charge in [-0.15, -0.1) is 0 Å². The molecule has 0 saturated heterocycles. The molecule has 1 atom stereocenters. The molecule has 1 heterocycles. The van der Waals surface area contributed by atoms with E-state index in [2.05, 4.69) is 16.5 Å². The molecule has 0 bridgehead atoms. The average Bonchev–Trinajstić information content (AvgIpc) is 3.14. The summed E-state index contributed by atoms with van der Waals surface area (Å²) >= 11 is 6.47. The maximum absolute atomic E-state index is 12.8. The van der Waals surface area contributed by atoms with Crippen LogP contribution in [-0.2, 0) is 6.54 Å². The lowest BCUT2D eigenvalue weighted by molar-refractivity contribution is -0.386. The van der Waals surface area contributed by atoms with E-state index in [9.17, 15) is 20.2 Å². The first kappa shape index (κ1) is 24.6. The van der Waals surface area contributed by atoms with E-state index >= 15 is 0 Å². The van der Waals surface area contributed by atoms with Crippen LogP contribution in [0.2, 0.25) is 5.02 Å². The average molecular weight is 500 g/mol. The quantitative estimate of drug-likeness (QED) is 0.247. The van der Waals surface area contributed by atoms with Crippen molar-refractivity contribution in [1.29, 1.82) is 5.26 Å². The maximum Gasteiger partial charge on any atom is 0.312 e. The molecule has 0 spiro atoms. The molecule has 0 fully saturated rings. The van der Waals surface area contributed by atoms with Crippen LogP contribution in [0.3, 0.4) is 0 Å². The normalized spacial score (nSPS) is 11.5. The molecule has 4 rings (SSSR count). The van der Waals surface area contributed by atoms with Crippen LogP contribution in [0.1, 0.15) is 44.4 Å². The highest BCUT2D eigenvalue weighted by Gasteiger charge is 2.22. The molecule has 1 aromatic heterocycles. The Morgan fingerprint density at radius 1 is 1.14 bits per heavy atom. The second-order valence-electron chi connectivity index (χ2n) is 8.29. The topological polar surface area (TPSA) is 114 Å². The highest BCUT2D eigenvalue weighted by molar-refractivity contribution is 6.32. The van der Waals surface area contributed by atoms with Gasteiger partial charge in [-0.1, -0.05) is 60.1 Å². The number of carbonyl (C=O) groups excluding carboxylic acids is 1. The van der Waals surface area contributed by atoms with Crippen LogP contribution in [0.25, 0.3) is 0 Å². The van der Waals surface area contributed by atoms with Crippen LogP contribution < -0.4 is 5.32 Å². The van der Waals surface area contributed by atoms with E-state index in [1.165, 1.54) is 0 Å². The van der Waals surface area contributed by atoms with Crippen molar-refractivity contribution >= 4 is 28.9 Å². The lowest BCUT2D eigenvalue weighted by Gasteiger charge is -2.14. The van der Waals surface area contributed by atoms with E-state index in [-0.39, 0.29) is 11.6 Å². The number of carbonyl (C=O) groups is 1. The zero-order valence-corrected chi connectivity index (χ0v) is 20.4. The Bertz CT molecular complexity index is 1470. The molecule has 0 saturated carbocycles. The van der Waals surface area contributed by atoms with Crippen molar-refractivity contribution < 1.29 is 9.72 Å². The van der Waals surface area contributed by atoms with Crippen LogP contribution >= 0.6 is 11.6 Å². The minimum absolute atomic E-state index is 0.0144. The van der Waals surface area contributed by atoms with Gasteiger partial charge in [0, 0.05) is 16.3 Å². The molecule has 36 heavy (non-hydrogen) atoms. The lowest BCUT2D eigenvalue weighted by Crippen LogP contribution is -2.12. The third-order valence-corrected chi connectivity index (χ3v) is 6.23. The highest BCUT2D eigenvalue weighted by atomic mass is 35.5. The SMILES string of the molecule is Cc1nn(Cc2ccc(C(=O)Nc3ccc(C(C#N)c4ccccc4)c(Cl)c3)cc2)c(C)c1[N+](=O)[O-]. The van der Waals surface area contributed by atoms with Crippen molar-refractivity contribution in [1.82, 2.24) is 9.78 Å². The third-order valence-electron chi connectivity index (χ3n) is 5.91. The summed E-state index contributed by atoms with van der Waals surface area (Å²) < 4.78 is 1.58. The van der Waals surface area contributed by atoms with Crippen LogP contribution in [0.15, 0.2) is 72.8 Å². The molecule has 0 aliphatic heterocycles. The van der Waals surface area contributed by atoms with Crippen molar-refractivity contribution in [2.75, 3.05) is 5.32 Å². The zero-order valence-electron chi connectivity index (χ0n) is 19.6. The number of rotatable bonds is 7. The number of benzene rings is 3. The Morgan fingerprint density at radius 3 is 2.42 bits per heavy atom. The summed E-state index contributed by atoms with van der Waals surface area (Å²) in [4.78, 5) is 23.6. The largest absolute Gasteiger partial charge is 0.322 e. The number of amides is 1. The summed E-state index contributed by atoms with van der Waals surface area (Å²) in [6, 6.07) is 23.7. The molecular weight excluding hydrogens is 478 g/mol. The minimum atomic E-state index is -0.514. The Balaban J connectivity index is 1.46. The van der Waals surface area contributed by atoms with Gasteiger partial charge in [0.2, 0.25) is 0 Å². The van der Waals surface area contributed by atoms with E-state index in [1.807, 2.05) is 30.3 Å². The van der Waals surface area contributed by atoms with Gasteiger partial charge < -0.3 is 5.32 Å². The highest BCUT2D eigenvalue weighted by Crippen LogP contribution is 2.32. The Kier molecular flexibility index (Phi) is 7.13. The van der Waals surface area contributed by atoms with Crippen molar-refractivity contribution in [2.24, 2.45) is 0 Å². The summed E-state index contributed by atoms with van der Waals surface area (Å²) in [6.07, 6.45) is 0. The molecule has 1 unspecified atom stereocenters. The summed E-state index contributed by atoms with van der Waals surface area (Å²) in [5.41, 5.74) is 4.16. The van der Waals surface area contributed by atoms with Crippen molar-refractivity contribution in [3.8, 4) is 6.07 Å². The minimum Gasteiger partial charge on any atom is -0.322 e. The number of nitro groups is 1. The van der Waals surface area contributed by atoms with Gasteiger partial charge >= 0.3 is 5.69 Å². The number of hydrogen-bond acceptors (Lipinski definition) is 5. The maximum atomic E-state index is 12.8. The number of hydrogen-bond donors (Lipinski definition) is 1. The Hall–Kier alpha value is -4.48. The van der Waals surface area contributed by atoms with Gasteiger partial charge in [0.25, 0.3) is 5.91 Å². The Morgan fingerprint density at radius 2 is 1.83 bits per heavy atom. The first-order chi connectivity index (χ1) is 17.3. The molecule has 0 aliphatic rings. The molecule has 0 radical (unpaired) electrons. The van der Waals surface area contributed by atoms with E-state index in [0.717, 1.165) is 11.1 Å². The van der Waals surface area contributed by atoms with Crippen molar-refractivity contribution in [3.63, 3.8) is 0 Å². The molecule has 9 heteroatoms. The smallest absolute Gasteiger partial charge is 0.312 e. The second-order valence-corrected chi connectivity index (χ2v) is 8.70. The zero-order chi connectivity index (χ0) is 25.8. The van der Waals surface area contributed by atoms with Gasteiger partial charge in [0.15, 0.2) is 0 Å². The van der Waals surface area contributed by atoms with Gasteiger partial charge in [-0.05, 0) is 54.8 Å². The number of nitrogens with one attached hydrogen (secondary N) is 1. The number of halogens is 1. The molecule has 180 valence electrons. The standard InChI is InChI=1S/C27H22ClN5O3/c1-17-26(33(35)36)18(2)32(31-17)16-19-8-10-21(11-9-19)27(34)30-22-12-13-23(25(28)14-22)24(15-29)20-6-4-3-5-7-20/h3-14,24H,16H2,1-2H3,(H,30,34). The van der Waals surface area contributed by atoms with Gasteiger partial charge in [-0.3, -0.25) is 19.6 Å². The number of aryl methyl sites for hydroxylation is 1. The number of anilines is 1. The summed E-state index contributed by atoms with van der Waals surface area (Å²) in [7, 11) is 0. The fourth-order valence-electron chi connectivity index (χ4n) is 4.05. The van der Waals surface area contributed by atoms with E-state index in [1.54, 1.807) is 61.0 Å². The number of nitrogens with zero attached hydrogens (tertiary/aromatic N) is 4. The predicted molar refractivity (Wildman–Crippen MR) is 137 cm³/mol. The second kappa shape index (κ2) is 10.4. The van der Waals surface area contributed by atoms with E-state index < -0.39 is 10.8 Å². The molecule has 1 amide bonds. The predicted octanol–water partition coefficient (Wildman–Crippen LogP) is 6.02. The summed E-state index contributed by atoms with van der Waals surface area (Å²) in [5, 5.41) is 28.4. The fraction of sp³-hybridized carbons (Fsp3) is 0.148. The van der Waals surface area contributed by atoms with Crippen LogP contribution in [0.5, 0.6) is 0 Å². The summed E-state index contributed by atoms with van der Waals surface area (Å²) in [6.45, 7) is 3.62.